The molecule has 0 saturated heterocycles. The number of hydrogen-bond donors (Lipinski definition) is 12. The van der Waals surface area contributed by atoms with Crippen molar-refractivity contribution in [3.05, 3.63) is 34.4 Å². The quantitative estimate of drug-likeness (QED) is 0.199. The second kappa shape index (κ2) is 7.50. The summed E-state index contributed by atoms with van der Waals surface area (Å²) in [6.07, 6.45) is -1.17. The minimum absolute atomic E-state index is 0.179. The van der Waals surface area contributed by atoms with Gasteiger partial charge >= 0.3 is 0 Å². The maximum absolute atomic E-state index is 10.6. The van der Waals surface area contributed by atoms with E-state index in [1.807, 2.05) is 0 Å². The fraction of sp³-hybridized carbons (Fsp3) is 0.100. The summed E-state index contributed by atoms with van der Waals surface area (Å²) in [5.41, 5.74) is -1.40. The van der Waals surface area contributed by atoms with Crippen LogP contribution in [0.2, 0.25) is 0 Å². The first-order valence-corrected chi connectivity index (χ1v) is 8.75. The summed E-state index contributed by atoms with van der Waals surface area (Å²) in [4.78, 5) is 0. The van der Waals surface area contributed by atoms with Gasteiger partial charge in [0.25, 0.3) is 0 Å². The van der Waals surface area contributed by atoms with Crippen molar-refractivity contribution in [2.45, 2.75) is 12.8 Å². The molecule has 0 heterocycles. The SMILES string of the molecule is Oc1cc(Cc2c(O)c(O)c(O)c(O)c2O)c(O)c(Cc2c(O)c(O)c(O)c(O)c2O)c1. The molecule has 0 radical (unpaired) electrons. The lowest BCUT2D eigenvalue weighted by atomic mass is 9.95. The molecule has 12 heteroatoms. The van der Waals surface area contributed by atoms with Gasteiger partial charge in [-0.05, 0) is 12.1 Å². The lowest BCUT2D eigenvalue weighted by Crippen LogP contribution is -1.97. The van der Waals surface area contributed by atoms with Crippen molar-refractivity contribution in [1.82, 2.24) is 0 Å². The third-order valence-corrected chi connectivity index (χ3v) is 4.92. The monoisotopic (exact) mass is 450 g/mol. The van der Waals surface area contributed by atoms with Crippen LogP contribution in [0.25, 0.3) is 0 Å². The Bertz CT molecular complexity index is 1100. The molecular weight excluding hydrogens is 432 g/mol. The van der Waals surface area contributed by atoms with Crippen LogP contribution in [0.15, 0.2) is 12.1 Å². The molecule has 32 heavy (non-hydrogen) atoms. The number of hydrogen-bond acceptors (Lipinski definition) is 12. The molecule has 0 aromatic heterocycles. The molecule has 3 aromatic rings. The molecule has 170 valence electrons. The summed E-state index contributed by atoms with van der Waals surface area (Å²) in [5.74, 6) is -12.0. The molecule has 0 atom stereocenters. The number of rotatable bonds is 4. The van der Waals surface area contributed by atoms with Gasteiger partial charge in [0.05, 0.1) is 0 Å². The third-order valence-electron chi connectivity index (χ3n) is 4.92. The highest BCUT2D eigenvalue weighted by Crippen LogP contribution is 2.53. The van der Waals surface area contributed by atoms with E-state index in [0.717, 1.165) is 12.1 Å². The second-order valence-electron chi connectivity index (χ2n) is 6.91. The summed E-state index contributed by atoms with van der Waals surface area (Å²) in [6.45, 7) is 0. The van der Waals surface area contributed by atoms with Gasteiger partial charge in [-0.15, -0.1) is 0 Å². The summed E-state index contributed by atoms with van der Waals surface area (Å²) >= 11 is 0. The second-order valence-corrected chi connectivity index (χ2v) is 6.91. The van der Waals surface area contributed by atoms with Crippen molar-refractivity contribution >= 4 is 0 Å². The largest absolute Gasteiger partial charge is 0.508 e. The first-order chi connectivity index (χ1) is 14.9. The van der Waals surface area contributed by atoms with E-state index in [0.29, 0.717) is 0 Å². The van der Waals surface area contributed by atoms with Gasteiger partial charge in [0.1, 0.15) is 11.5 Å². The summed E-state index contributed by atoms with van der Waals surface area (Å²) in [6, 6.07) is 2.01. The van der Waals surface area contributed by atoms with E-state index in [-0.39, 0.29) is 11.1 Å². The molecule has 0 spiro atoms. The standard InChI is InChI=1S/C20H18O12/c21-7-1-5(3-8-11(23)15(27)19(31)16(28)12(8)24)10(22)6(2-7)4-9-13(25)17(29)20(32)18(30)14(9)26/h1-2,21-32H,3-4H2. The van der Waals surface area contributed by atoms with Crippen LogP contribution in [-0.2, 0) is 12.8 Å². The smallest absolute Gasteiger partial charge is 0.208 e. The lowest BCUT2D eigenvalue weighted by Gasteiger charge is -2.16. The molecular formula is C20H18O12. The maximum atomic E-state index is 10.6. The van der Waals surface area contributed by atoms with Crippen molar-refractivity contribution < 1.29 is 61.3 Å². The van der Waals surface area contributed by atoms with Crippen LogP contribution in [0, 0.1) is 0 Å². The minimum Gasteiger partial charge on any atom is -0.508 e. The van der Waals surface area contributed by atoms with Gasteiger partial charge in [-0.25, -0.2) is 0 Å². The predicted octanol–water partition coefficient (Wildman–Crippen LogP) is 1.34. The maximum Gasteiger partial charge on any atom is 0.208 e. The fourth-order valence-corrected chi connectivity index (χ4v) is 3.20. The van der Waals surface area contributed by atoms with Crippen LogP contribution in [0.5, 0.6) is 69.0 Å². The molecule has 3 aromatic carbocycles. The van der Waals surface area contributed by atoms with Gasteiger partial charge in [-0.2, -0.15) is 0 Å². The van der Waals surface area contributed by atoms with Crippen LogP contribution in [-0.4, -0.2) is 61.3 Å². The zero-order valence-electron chi connectivity index (χ0n) is 15.9. The molecule has 0 amide bonds. The Kier molecular flexibility index (Phi) is 5.15. The Hall–Kier alpha value is -4.74. The average Bonchev–Trinajstić information content (AvgIpc) is 2.76. The summed E-state index contributed by atoms with van der Waals surface area (Å²) in [5, 5.41) is 118. The third kappa shape index (κ3) is 3.29. The van der Waals surface area contributed by atoms with Gasteiger partial charge in [0, 0.05) is 35.1 Å². The highest BCUT2D eigenvalue weighted by atomic mass is 16.4. The fourth-order valence-electron chi connectivity index (χ4n) is 3.20. The van der Waals surface area contributed by atoms with Crippen LogP contribution in [0.3, 0.4) is 0 Å². The Morgan fingerprint density at radius 3 is 0.875 bits per heavy atom. The van der Waals surface area contributed by atoms with Crippen molar-refractivity contribution in [2.24, 2.45) is 0 Å². The Labute approximate surface area is 178 Å². The van der Waals surface area contributed by atoms with Crippen LogP contribution >= 0.6 is 0 Å². The van der Waals surface area contributed by atoms with Gasteiger partial charge in [0.2, 0.25) is 34.5 Å². The minimum atomic E-state index is -1.18. The first-order valence-electron chi connectivity index (χ1n) is 8.75. The Morgan fingerprint density at radius 2 is 0.594 bits per heavy atom. The molecule has 0 aliphatic heterocycles. The molecule has 0 saturated carbocycles. The van der Waals surface area contributed by atoms with Crippen LogP contribution in [0.4, 0.5) is 0 Å². The van der Waals surface area contributed by atoms with Gasteiger partial charge < -0.3 is 61.3 Å². The first kappa shape index (κ1) is 22.0. The van der Waals surface area contributed by atoms with Crippen LogP contribution < -0.4 is 0 Å². The average molecular weight is 450 g/mol. The normalized spacial score (nSPS) is 11.0. The Balaban J connectivity index is 2.12. The molecule has 3 rings (SSSR count). The summed E-state index contributed by atoms with van der Waals surface area (Å²) < 4.78 is 0. The molecule has 0 fully saturated rings. The lowest BCUT2D eigenvalue weighted by molar-refractivity contribution is 0.324. The van der Waals surface area contributed by atoms with Crippen molar-refractivity contribution in [1.29, 1.82) is 0 Å². The van der Waals surface area contributed by atoms with Gasteiger partial charge in [0.15, 0.2) is 23.0 Å². The molecule has 12 N–H and O–H groups in total. The van der Waals surface area contributed by atoms with E-state index >= 15 is 0 Å². The van der Waals surface area contributed by atoms with E-state index in [1.54, 1.807) is 0 Å². The Morgan fingerprint density at radius 1 is 0.344 bits per heavy atom. The number of aromatic hydroxyl groups is 12. The van der Waals surface area contributed by atoms with Crippen molar-refractivity contribution in [3.8, 4) is 69.0 Å². The highest BCUT2D eigenvalue weighted by molar-refractivity contribution is 5.70. The molecule has 0 aliphatic rings. The number of phenolic OH excluding ortho intramolecular Hbond substituents is 12. The summed E-state index contributed by atoms with van der Waals surface area (Å²) in [7, 11) is 0. The van der Waals surface area contributed by atoms with E-state index in [4.69, 9.17) is 0 Å². The zero-order valence-corrected chi connectivity index (χ0v) is 15.9. The zero-order chi connectivity index (χ0) is 24.1. The predicted molar refractivity (Wildman–Crippen MR) is 105 cm³/mol. The molecule has 0 aliphatic carbocycles. The van der Waals surface area contributed by atoms with E-state index in [2.05, 4.69) is 0 Å². The van der Waals surface area contributed by atoms with E-state index < -0.39 is 93.0 Å². The molecule has 12 nitrogen and oxygen atoms in total. The van der Waals surface area contributed by atoms with E-state index in [9.17, 15) is 61.3 Å². The molecule has 0 unspecified atom stereocenters. The topological polar surface area (TPSA) is 243 Å². The number of phenols is 12. The van der Waals surface area contributed by atoms with Crippen molar-refractivity contribution in [2.75, 3.05) is 0 Å². The molecule has 0 bridgehead atoms. The van der Waals surface area contributed by atoms with E-state index in [1.165, 1.54) is 0 Å². The van der Waals surface area contributed by atoms with Gasteiger partial charge in [-0.1, -0.05) is 0 Å². The van der Waals surface area contributed by atoms with Gasteiger partial charge in [-0.3, -0.25) is 0 Å². The van der Waals surface area contributed by atoms with Crippen molar-refractivity contribution in [3.63, 3.8) is 0 Å². The number of benzene rings is 3. The highest BCUT2D eigenvalue weighted by Gasteiger charge is 2.27. The van der Waals surface area contributed by atoms with Crippen LogP contribution in [0.1, 0.15) is 22.3 Å².